The second kappa shape index (κ2) is 4.74. The summed E-state index contributed by atoms with van der Waals surface area (Å²) in [6, 6.07) is 6.45. The zero-order valence-electron chi connectivity index (χ0n) is 8.03. The van der Waals surface area contributed by atoms with Crippen LogP contribution in [0.3, 0.4) is 0 Å². The Balaban J connectivity index is 2.54. The Kier molecular flexibility index (Phi) is 3.63. The first-order chi connectivity index (χ1) is 6.61. The topological polar surface area (TPSA) is 37.3 Å². The molecule has 0 unspecified atom stereocenters. The monoisotopic (exact) mass is 196 g/mol. The molecule has 0 aromatic heterocycles. The third-order valence-electron chi connectivity index (χ3n) is 2.23. The number of hydrogen-bond donors (Lipinski definition) is 1. The number of aliphatic carboxylic acids is 1. The van der Waals surface area contributed by atoms with Crippen molar-refractivity contribution in [3.05, 3.63) is 35.6 Å². The van der Waals surface area contributed by atoms with Gasteiger partial charge in [0.25, 0.3) is 0 Å². The van der Waals surface area contributed by atoms with Crippen LogP contribution in [0.2, 0.25) is 0 Å². The Labute approximate surface area is 82.4 Å². The zero-order valence-corrected chi connectivity index (χ0v) is 8.03. The van der Waals surface area contributed by atoms with E-state index in [1.54, 1.807) is 25.1 Å². The highest BCUT2D eigenvalue weighted by Crippen LogP contribution is 2.12. The van der Waals surface area contributed by atoms with Gasteiger partial charge in [0.2, 0.25) is 0 Å². The second-order valence-electron chi connectivity index (χ2n) is 3.37. The van der Waals surface area contributed by atoms with Crippen LogP contribution < -0.4 is 0 Å². The van der Waals surface area contributed by atoms with E-state index in [4.69, 9.17) is 5.11 Å². The fraction of sp³-hybridized carbons (Fsp3) is 0.364. The summed E-state index contributed by atoms with van der Waals surface area (Å²) in [6.07, 6.45) is 0.941. The van der Waals surface area contributed by atoms with Gasteiger partial charge in [-0.25, -0.2) is 4.39 Å². The van der Waals surface area contributed by atoms with E-state index in [1.807, 2.05) is 0 Å². The minimum atomic E-state index is -0.832. The molecule has 1 aromatic rings. The van der Waals surface area contributed by atoms with E-state index < -0.39 is 11.9 Å². The number of carboxylic acid groups (broad SMARTS) is 1. The van der Waals surface area contributed by atoms with Crippen LogP contribution in [0, 0.1) is 11.7 Å². The van der Waals surface area contributed by atoms with E-state index in [0.717, 1.165) is 0 Å². The average molecular weight is 196 g/mol. The molecule has 0 aliphatic carbocycles. The molecule has 1 atom stereocenters. The number of carboxylic acids is 1. The Bertz CT molecular complexity index is 323. The van der Waals surface area contributed by atoms with Crippen LogP contribution in [0.15, 0.2) is 24.3 Å². The fourth-order valence-corrected chi connectivity index (χ4v) is 1.20. The molecular formula is C11H13FO2. The first kappa shape index (κ1) is 10.7. The lowest BCUT2D eigenvalue weighted by Crippen LogP contribution is -2.10. The van der Waals surface area contributed by atoms with Crippen molar-refractivity contribution < 1.29 is 14.3 Å². The van der Waals surface area contributed by atoms with Crippen molar-refractivity contribution >= 4 is 5.97 Å². The van der Waals surface area contributed by atoms with Gasteiger partial charge in [-0.2, -0.15) is 0 Å². The number of halogens is 1. The largest absolute Gasteiger partial charge is 0.481 e. The molecule has 14 heavy (non-hydrogen) atoms. The molecule has 0 saturated heterocycles. The SMILES string of the molecule is C[C@H](CCc1ccccc1F)C(=O)O. The van der Waals surface area contributed by atoms with Gasteiger partial charge in [-0.3, -0.25) is 4.79 Å². The van der Waals surface area contributed by atoms with Gasteiger partial charge in [0.05, 0.1) is 5.92 Å². The van der Waals surface area contributed by atoms with Gasteiger partial charge < -0.3 is 5.11 Å². The predicted molar refractivity (Wildman–Crippen MR) is 51.5 cm³/mol. The van der Waals surface area contributed by atoms with Gasteiger partial charge in [-0.05, 0) is 24.5 Å². The van der Waals surface area contributed by atoms with E-state index >= 15 is 0 Å². The van der Waals surface area contributed by atoms with Crippen LogP contribution in [0.4, 0.5) is 4.39 Å². The molecule has 0 aliphatic heterocycles. The highest BCUT2D eigenvalue weighted by atomic mass is 19.1. The van der Waals surface area contributed by atoms with Gasteiger partial charge in [0, 0.05) is 0 Å². The lowest BCUT2D eigenvalue weighted by atomic mass is 10.0. The summed E-state index contributed by atoms with van der Waals surface area (Å²) in [5.74, 6) is -1.51. The van der Waals surface area contributed by atoms with Crippen molar-refractivity contribution in [1.29, 1.82) is 0 Å². The number of rotatable bonds is 4. The number of hydrogen-bond acceptors (Lipinski definition) is 1. The maximum atomic E-state index is 13.1. The highest BCUT2D eigenvalue weighted by molar-refractivity contribution is 5.69. The van der Waals surface area contributed by atoms with Crippen molar-refractivity contribution in [1.82, 2.24) is 0 Å². The van der Waals surface area contributed by atoms with E-state index in [9.17, 15) is 9.18 Å². The molecule has 0 saturated carbocycles. The van der Waals surface area contributed by atoms with E-state index in [1.165, 1.54) is 6.07 Å². The van der Waals surface area contributed by atoms with E-state index in [2.05, 4.69) is 0 Å². The predicted octanol–water partition coefficient (Wildman–Crippen LogP) is 2.48. The fourth-order valence-electron chi connectivity index (χ4n) is 1.20. The molecule has 0 bridgehead atoms. The van der Waals surface area contributed by atoms with Crippen molar-refractivity contribution in [2.75, 3.05) is 0 Å². The zero-order chi connectivity index (χ0) is 10.6. The summed E-state index contributed by atoms with van der Waals surface area (Å²) in [6.45, 7) is 1.63. The summed E-state index contributed by atoms with van der Waals surface area (Å²) in [7, 11) is 0. The Morgan fingerprint density at radius 1 is 1.50 bits per heavy atom. The Hall–Kier alpha value is -1.38. The van der Waals surface area contributed by atoms with Crippen LogP contribution in [0.25, 0.3) is 0 Å². The minimum Gasteiger partial charge on any atom is -0.481 e. The van der Waals surface area contributed by atoms with Crippen LogP contribution in [0.1, 0.15) is 18.9 Å². The Morgan fingerprint density at radius 3 is 2.71 bits per heavy atom. The summed E-state index contributed by atoms with van der Waals surface area (Å²) in [5, 5.41) is 8.64. The molecule has 3 heteroatoms. The molecule has 0 radical (unpaired) electrons. The molecule has 0 fully saturated rings. The summed E-state index contributed by atoms with van der Waals surface area (Å²) in [5.41, 5.74) is 0.584. The van der Waals surface area contributed by atoms with Crippen LogP contribution in [-0.2, 0) is 11.2 Å². The second-order valence-corrected chi connectivity index (χ2v) is 3.37. The average Bonchev–Trinajstić information content (AvgIpc) is 2.16. The third-order valence-corrected chi connectivity index (χ3v) is 2.23. The number of carbonyl (C=O) groups is 1. The Morgan fingerprint density at radius 2 is 2.14 bits per heavy atom. The summed E-state index contributed by atoms with van der Waals surface area (Å²) in [4.78, 5) is 10.5. The quantitative estimate of drug-likeness (QED) is 0.803. The molecule has 0 aliphatic rings. The number of aryl methyl sites for hydroxylation is 1. The molecular weight excluding hydrogens is 183 g/mol. The molecule has 76 valence electrons. The maximum absolute atomic E-state index is 13.1. The van der Waals surface area contributed by atoms with Crippen molar-refractivity contribution in [3.63, 3.8) is 0 Å². The molecule has 1 rings (SSSR count). The molecule has 2 nitrogen and oxygen atoms in total. The van der Waals surface area contributed by atoms with Gasteiger partial charge in [-0.1, -0.05) is 25.1 Å². The lowest BCUT2D eigenvalue weighted by Gasteiger charge is -2.06. The van der Waals surface area contributed by atoms with Crippen molar-refractivity contribution in [2.45, 2.75) is 19.8 Å². The van der Waals surface area contributed by atoms with E-state index in [-0.39, 0.29) is 5.82 Å². The molecule has 1 N–H and O–H groups in total. The van der Waals surface area contributed by atoms with Gasteiger partial charge in [0.15, 0.2) is 0 Å². The molecule has 1 aromatic carbocycles. The van der Waals surface area contributed by atoms with Gasteiger partial charge in [-0.15, -0.1) is 0 Å². The minimum absolute atomic E-state index is 0.259. The van der Waals surface area contributed by atoms with Gasteiger partial charge in [0.1, 0.15) is 5.82 Å². The van der Waals surface area contributed by atoms with Crippen LogP contribution in [-0.4, -0.2) is 11.1 Å². The smallest absolute Gasteiger partial charge is 0.306 e. The normalized spacial score (nSPS) is 12.4. The summed E-state index contributed by atoms with van der Waals surface area (Å²) < 4.78 is 13.1. The van der Waals surface area contributed by atoms with E-state index in [0.29, 0.717) is 18.4 Å². The van der Waals surface area contributed by atoms with Crippen LogP contribution >= 0.6 is 0 Å². The first-order valence-corrected chi connectivity index (χ1v) is 4.57. The maximum Gasteiger partial charge on any atom is 0.306 e. The molecule has 0 heterocycles. The number of benzene rings is 1. The van der Waals surface area contributed by atoms with Gasteiger partial charge >= 0.3 is 5.97 Å². The van der Waals surface area contributed by atoms with Crippen LogP contribution in [0.5, 0.6) is 0 Å². The van der Waals surface area contributed by atoms with Crippen molar-refractivity contribution in [2.24, 2.45) is 5.92 Å². The standard InChI is InChI=1S/C11H13FO2/c1-8(11(13)14)6-7-9-4-2-3-5-10(9)12/h2-5,8H,6-7H2,1H3,(H,13,14)/t8-/m1/s1. The molecule has 0 spiro atoms. The van der Waals surface area contributed by atoms with Crippen molar-refractivity contribution in [3.8, 4) is 0 Å². The molecule has 0 amide bonds. The third kappa shape index (κ3) is 2.83. The summed E-state index contributed by atoms with van der Waals surface area (Å²) >= 11 is 0. The first-order valence-electron chi connectivity index (χ1n) is 4.57. The lowest BCUT2D eigenvalue weighted by molar-refractivity contribution is -0.141. The highest BCUT2D eigenvalue weighted by Gasteiger charge is 2.11.